The highest BCUT2D eigenvalue weighted by Crippen LogP contribution is 2.34. The Hall–Kier alpha value is -3.10. The largest absolute Gasteiger partial charge is 0.444 e. The highest BCUT2D eigenvalue weighted by Gasteiger charge is 2.27. The van der Waals surface area contributed by atoms with Gasteiger partial charge in [0.05, 0.1) is 11.1 Å². The van der Waals surface area contributed by atoms with Gasteiger partial charge in [-0.05, 0) is 26.8 Å². The van der Waals surface area contributed by atoms with Crippen molar-refractivity contribution in [3.8, 4) is 11.1 Å². The van der Waals surface area contributed by atoms with Gasteiger partial charge in [0.15, 0.2) is 0 Å². The van der Waals surface area contributed by atoms with Gasteiger partial charge in [-0.1, -0.05) is 0 Å². The van der Waals surface area contributed by atoms with Gasteiger partial charge in [-0.15, -0.1) is 0 Å². The number of anilines is 1. The summed E-state index contributed by atoms with van der Waals surface area (Å²) < 4.78 is 7.10. The van der Waals surface area contributed by atoms with E-state index < -0.39 is 10.5 Å². The molecule has 1 aromatic heterocycles. The van der Waals surface area contributed by atoms with E-state index in [0.29, 0.717) is 26.2 Å². The Balaban J connectivity index is 1.81. The standard InChI is InChI=1S/C19H25N5O4/c1-19(2,3)28-18(25)23-9-7-22(8-10-23)17-6-5-15(24(26)27)11-16(17)14-12-20-21(4)13-14/h5-6,11-13H,7-10H2,1-4H3. The predicted octanol–water partition coefficient (Wildman–Crippen LogP) is 3.05. The molecular formula is C19H25N5O4. The zero-order valence-corrected chi connectivity index (χ0v) is 16.6. The van der Waals surface area contributed by atoms with E-state index in [2.05, 4.69) is 10.00 Å². The number of benzene rings is 1. The van der Waals surface area contributed by atoms with Crippen LogP contribution in [-0.4, -0.2) is 57.5 Å². The minimum atomic E-state index is -0.528. The van der Waals surface area contributed by atoms with Gasteiger partial charge in [0, 0.05) is 68.4 Å². The van der Waals surface area contributed by atoms with Crippen molar-refractivity contribution in [2.24, 2.45) is 7.05 Å². The molecule has 9 heteroatoms. The van der Waals surface area contributed by atoms with Crippen molar-refractivity contribution in [3.05, 3.63) is 40.7 Å². The van der Waals surface area contributed by atoms with Gasteiger partial charge in [-0.2, -0.15) is 5.10 Å². The zero-order chi connectivity index (χ0) is 20.5. The number of nitro groups is 1. The number of aryl methyl sites for hydroxylation is 1. The van der Waals surface area contributed by atoms with Crippen molar-refractivity contribution < 1.29 is 14.5 Å². The van der Waals surface area contributed by atoms with E-state index in [1.165, 1.54) is 6.07 Å². The van der Waals surface area contributed by atoms with Crippen LogP contribution in [0.2, 0.25) is 0 Å². The summed E-state index contributed by atoms with van der Waals surface area (Å²) in [5.41, 5.74) is 1.97. The maximum Gasteiger partial charge on any atom is 0.410 e. The fraction of sp³-hybridized carbons (Fsp3) is 0.474. The van der Waals surface area contributed by atoms with Gasteiger partial charge in [0.2, 0.25) is 0 Å². The number of nitro benzene ring substituents is 1. The molecule has 0 bridgehead atoms. The zero-order valence-electron chi connectivity index (χ0n) is 16.6. The van der Waals surface area contributed by atoms with Crippen LogP contribution in [0.25, 0.3) is 11.1 Å². The van der Waals surface area contributed by atoms with Crippen LogP contribution in [0.4, 0.5) is 16.2 Å². The molecule has 9 nitrogen and oxygen atoms in total. The number of carbonyl (C=O) groups excluding carboxylic acids is 1. The number of hydrogen-bond donors (Lipinski definition) is 0. The van der Waals surface area contributed by atoms with E-state index >= 15 is 0 Å². The van der Waals surface area contributed by atoms with E-state index in [-0.39, 0.29) is 11.8 Å². The lowest BCUT2D eigenvalue weighted by molar-refractivity contribution is -0.384. The van der Waals surface area contributed by atoms with Crippen LogP contribution in [0.1, 0.15) is 20.8 Å². The topological polar surface area (TPSA) is 93.7 Å². The van der Waals surface area contributed by atoms with Crippen LogP contribution in [-0.2, 0) is 11.8 Å². The quantitative estimate of drug-likeness (QED) is 0.593. The number of rotatable bonds is 3. The van der Waals surface area contributed by atoms with E-state index in [0.717, 1.165) is 16.8 Å². The van der Waals surface area contributed by atoms with Crippen molar-refractivity contribution in [1.82, 2.24) is 14.7 Å². The summed E-state index contributed by atoms with van der Waals surface area (Å²) in [6, 6.07) is 4.85. The molecule has 1 fully saturated rings. The van der Waals surface area contributed by atoms with Crippen molar-refractivity contribution in [2.75, 3.05) is 31.1 Å². The second kappa shape index (κ2) is 7.49. The summed E-state index contributed by atoms with van der Waals surface area (Å²) in [6.07, 6.45) is 3.21. The summed E-state index contributed by atoms with van der Waals surface area (Å²) in [5.74, 6) is 0. The summed E-state index contributed by atoms with van der Waals surface area (Å²) >= 11 is 0. The molecule has 1 amide bonds. The minimum absolute atomic E-state index is 0.0370. The van der Waals surface area contributed by atoms with Gasteiger partial charge in [0.1, 0.15) is 5.60 Å². The first kappa shape index (κ1) is 19.7. The number of amides is 1. The number of carbonyl (C=O) groups is 1. The van der Waals surface area contributed by atoms with E-state index in [1.807, 2.05) is 27.0 Å². The highest BCUT2D eigenvalue weighted by molar-refractivity contribution is 5.80. The van der Waals surface area contributed by atoms with Gasteiger partial charge < -0.3 is 14.5 Å². The third-order valence-electron chi connectivity index (χ3n) is 4.48. The molecule has 2 heterocycles. The van der Waals surface area contributed by atoms with Gasteiger partial charge >= 0.3 is 6.09 Å². The fourth-order valence-corrected chi connectivity index (χ4v) is 3.16. The molecule has 2 aromatic rings. The summed E-state index contributed by atoms with van der Waals surface area (Å²) in [5, 5.41) is 15.4. The average Bonchev–Trinajstić information content (AvgIpc) is 3.06. The second-order valence-corrected chi connectivity index (χ2v) is 7.82. The molecule has 0 atom stereocenters. The van der Waals surface area contributed by atoms with Gasteiger partial charge in [-0.3, -0.25) is 14.8 Å². The Morgan fingerprint density at radius 2 is 1.89 bits per heavy atom. The lowest BCUT2D eigenvalue weighted by atomic mass is 10.0. The molecular weight excluding hydrogens is 362 g/mol. The predicted molar refractivity (Wildman–Crippen MR) is 105 cm³/mol. The summed E-state index contributed by atoms with van der Waals surface area (Å²) in [4.78, 5) is 26.9. The molecule has 0 aliphatic carbocycles. The highest BCUT2D eigenvalue weighted by atomic mass is 16.6. The van der Waals surface area contributed by atoms with Gasteiger partial charge in [0.25, 0.3) is 5.69 Å². The Morgan fingerprint density at radius 1 is 1.21 bits per heavy atom. The molecule has 0 saturated carbocycles. The summed E-state index contributed by atoms with van der Waals surface area (Å²) in [7, 11) is 1.81. The first-order chi connectivity index (χ1) is 13.1. The lowest BCUT2D eigenvalue weighted by Crippen LogP contribution is -2.50. The number of ether oxygens (including phenoxy) is 1. The molecule has 0 N–H and O–H groups in total. The normalized spacial score (nSPS) is 14.9. The molecule has 1 aliphatic rings. The number of nitrogens with zero attached hydrogens (tertiary/aromatic N) is 5. The number of hydrogen-bond acceptors (Lipinski definition) is 6. The van der Waals surface area contributed by atoms with Crippen LogP contribution in [0.5, 0.6) is 0 Å². The van der Waals surface area contributed by atoms with Crippen LogP contribution < -0.4 is 4.90 Å². The Kier molecular flexibility index (Phi) is 5.26. The van der Waals surface area contributed by atoms with Crippen molar-refractivity contribution in [2.45, 2.75) is 26.4 Å². The molecule has 0 radical (unpaired) electrons. The van der Waals surface area contributed by atoms with Crippen molar-refractivity contribution >= 4 is 17.5 Å². The van der Waals surface area contributed by atoms with Crippen LogP contribution in [0, 0.1) is 10.1 Å². The smallest absolute Gasteiger partial charge is 0.410 e. The second-order valence-electron chi connectivity index (χ2n) is 7.82. The third kappa shape index (κ3) is 4.41. The van der Waals surface area contributed by atoms with Crippen LogP contribution in [0.3, 0.4) is 0 Å². The molecule has 0 unspecified atom stereocenters. The van der Waals surface area contributed by atoms with Crippen molar-refractivity contribution in [3.63, 3.8) is 0 Å². The molecule has 28 heavy (non-hydrogen) atoms. The van der Waals surface area contributed by atoms with Crippen molar-refractivity contribution in [1.29, 1.82) is 0 Å². The minimum Gasteiger partial charge on any atom is -0.444 e. The first-order valence-electron chi connectivity index (χ1n) is 9.14. The molecule has 1 aromatic carbocycles. The average molecular weight is 387 g/mol. The first-order valence-corrected chi connectivity index (χ1v) is 9.14. The Bertz CT molecular complexity index is 879. The van der Waals surface area contributed by atoms with E-state index in [1.54, 1.807) is 35.0 Å². The maximum absolute atomic E-state index is 12.3. The summed E-state index contributed by atoms with van der Waals surface area (Å²) in [6.45, 7) is 7.82. The fourth-order valence-electron chi connectivity index (χ4n) is 3.16. The van der Waals surface area contributed by atoms with Crippen LogP contribution in [0.15, 0.2) is 30.6 Å². The molecule has 3 rings (SSSR count). The molecule has 150 valence electrons. The SMILES string of the molecule is Cn1cc(-c2cc([N+](=O)[O-])ccc2N2CCN(C(=O)OC(C)(C)C)CC2)cn1. The third-order valence-corrected chi connectivity index (χ3v) is 4.48. The molecule has 0 spiro atoms. The molecule has 1 aliphatic heterocycles. The number of piperazine rings is 1. The van der Waals surface area contributed by atoms with E-state index in [9.17, 15) is 14.9 Å². The number of non-ortho nitro benzene ring substituents is 1. The Labute approximate surface area is 163 Å². The van der Waals surface area contributed by atoms with E-state index in [4.69, 9.17) is 4.74 Å². The molecule has 1 saturated heterocycles. The van der Waals surface area contributed by atoms with Gasteiger partial charge in [-0.25, -0.2) is 4.79 Å². The number of aromatic nitrogens is 2. The monoisotopic (exact) mass is 387 g/mol. The van der Waals surface area contributed by atoms with Crippen LogP contribution >= 0.6 is 0 Å². The Morgan fingerprint density at radius 3 is 2.43 bits per heavy atom. The lowest BCUT2D eigenvalue weighted by Gasteiger charge is -2.37. The maximum atomic E-state index is 12.3.